The van der Waals surface area contributed by atoms with Crippen molar-refractivity contribution in [1.29, 1.82) is 0 Å². The molecule has 1 aromatic heterocycles. The number of piperazine rings is 1. The minimum atomic E-state index is -3.70. The van der Waals surface area contributed by atoms with E-state index in [0.29, 0.717) is 52.1 Å². The number of likely N-dealkylation sites (N-methyl/N-ethyl adjacent to an activating group) is 2. The lowest BCUT2D eigenvalue weighted by Gasteiger charge is -2.47. The minimum Gasteiger partial charge on any atom is -0.463 e. The highest BCUT2D eigenvalue weighted by Gasteiger charge is 2.51. The highest BCUT2D eigenvalue weighted by Crippen LogP contribution is 2.38. The van der Waals surface area contributed by atoms with Crippen LogP contribution in [0.15, 0.2) is 17.6 Å². The number of hydrogen-bond acceptors (Lipinski definition) is 13. The van der Waals surface area contributed by atoms with Crippen molar-refractivity contribution in [3.8, 4) is 0 Å². The topological polar surface area (TPSA) is 156 Å². The molecule has 3 aliphatic rings. The number of rotatable bonds is 8. The number of cyclic esters (lactones) is 1. The molecule has 16 heteroatoms. The number of ether oxygens (including phenoxy) is 4. The lowest BCUT2D eigenvalue weighted by atomic mass is 9.74. The van der Waals surface area contributed by atoms with Gasteiger partial charge in [0.2, 0.25) is 0 Å². The van der Waals surface area contributed by atoms with Crippen LogP contribution >= 0.6 is 0 Å². The summed E-state index contributed by atoms with van der Waals surface area (Å²) >= 11 is 0. The summed E-state index contributed by atoms with van der Waals surface area (Å²) in [7, 11) is 5.43. The van der Waals surface area contributed by atoms with Gasteiger partial charge in [0.15, 0.2) is 17.1 Å². The van der Waals surface area contributed by atoms with Crippen molar-refractivity contribution in [1.82, 2.24) is 28.6 Å². The molecule has 0 saturated carbocycles. The highest BCUT2D eigenvalue weighted by molar-refractivity contribution is 7.89. The maximum atomic E-state index is 14.3. The Labute approximate surface area is 304 Å². The van der Waals surface area contributed by atoms with Gasteiger partial charge in [0.05, 0.1) is 30.2 Å². The van der Waals surface area contributed by atoms with Gasteiger partial charge in [-0.2, -0.15) is 4.31 Å². The molecule has 0 aliphatic carbocycles. The molecule has 1 aromatic rings. The summed E-state index contributed by atoms with van der Waals surface area (Å²) in [5, 5.41) is 11.4. The number of Topliss-reactive ketones (excluding diaryl/α,β-unsaturated/α-hetero) is 1. The molecular weight excluding hydrogens is 680 g/mol. The number of aryl methyl sites for hydroxylation is 1. The van der Waals surface area contributed by atoms with E-state index in [4.69, 9.17) is 18.9 Å². The third kappa shape index (κ3) is 9.38. The Hall–Kier alpha value is -2.02. The second kappa shape index (κ2) is 16.6. The number of nitrogens with zero attached hydrogens (tertiary/aromatic N) is 6. The minimum absolute atomic E-state index is 0.0336. The molecular formula is C35H62N6O9S. The Bertz CT molecular complexity index is 1450. The first kappa shape index (κ1) is 41.7. The van der Waals surface area contributed by atoms with Crippen LogP contribution in [0, 0.1) is 17.3 Å². The average molecular weight is 743 g/mol. The van der Waals surface area contributed by atoms with E-state index >= 15 is 0 Å². The largest absolute Gasteiger partial charge is 0.463 e. The summed E-state index contributed by atoms with van der Waals surface area (Å²) in [6.45, 7) is 13.7. The molecule has 0 unspecified atom stereocenters. The number of carbonyl (C=O) groups excluding carboxylic acids is 2. The number of aromatic nitrogens is 2. The SMILES string of the molecule is CO[C@]1(C)C[C@@H](C)CN(C)[C@@H](CN2CCN(S(=O)(=O)c3cn(C)cn3)CC2)COC(=O)C(C)(C)C(=O)[C@H](C)[C@H]1O[C@@H]1O[C@H](C)C[C@H](N(C)C)[C@H]1O. The summed E-state index contributed by atoms with van der Waals surface area (Å²) in [6, 6.07) is -0.437. The van der Waals surface area contributed by atoms with Gasteiger partial charge in [-0.05, 0) is 67.6 Å². The molecule has 0 aromatic carbocycles. The monoisotopic (exact) mass is 742 g/mol. The van der Waals surface area contributed by atoms with Crippen LogP contribution in [0.3, 0.4) is 0 Å². The maximum Gasteiger partial charge on any atom is 0.319 e. The third-order valence-corrected chi connectivity index (χ3v) is 12.9. The normalized spacial score (nSPS) is 35.9. The van der Waals surface area contributed by atoms with Crippen molar-refractivity contribution >= 4 is 21.8 Å². The number of aliphatic hydroxyl groups is 1. The first-order chi connectivity index (χ1) is 23.7. The van der Waals surface area contributed by atoms with Gasteiger partial charge in [0.1, 0.15) is 18.1 Å². The lowest BCUT2D eigenvalue weighted by Crippen LogP contribution is -2.59. The number of ketones is 1. The molecule has 3 fully saturated rings. The van der Waals surface area contributed by atoms with Crippen LogP contribution in [0.4, 0.5) is 0 Å². The molecule has 51 heavy (non-hydrogen) atoms. The predicted octanol–water partition coefficient (Wildman–Crippen LogP) is 1.06. The Morgan fingerprint density at radius 3 is 2.29 bits per heavy atom. The van der Waals surface area contributed by atoms with Crippen LogP contribution in [-0.4, -0.2) is 170 Å². The number of methoxy groups -OCH3 is 1. The van der Waals surface area contributed by atoms with Crippen LogP contribution in [0.5, 0.6) is 0 Å². The number of esters is 1. The zero-order chi connectivity index (χ0) is 38.1. The quantitative estimate of drug-likeness (QED) is 0.298. The van der Waals surface area contributed by atoms with E-state index in [-0.39, 0.29) is 41.5 Å². The van der Waals surface area contributed by atoms with Gasteiger partial charge in [-0.25, -0.2) is 13.4 Å². The molecule has 0 spiro atoms. The second-order valence-corrected chi connectivity index (χ2v) is 17.9. The van der Waals surface area contributed by atoms with E-state index < -0.39 is 51.4 Å². The molecule has 0 amide bonds. The van der Waals surface area contributed by atoms with E-state index in [9.17, 15) is 23.1 Å². The maximum absolute atomic E-state index is 14.3. The molecule has 292 valence electrons. The van der Waals surface area contributed by atoms with Gasteiger partial charge < -0.3 is 33.5 Å². The zero-order valence-corrected chi connectivity index (χ0v) is 33.3. The molecule has 3 aliphatic heterocycles. The Morgan fingerprint density at radius 2 is 1.73 bits per heavy atom. The number of hydrogen-bond donors (Lipinski definition) is 1. The van der Waals surface area contributed by atoms with Crippen molar-refractivity contribution < 1.29 is 42.1 Å². The first-order valence-electron chi connectivity index (χ1n) is 18.0. The van der Waals surface area contributed by atoms with Crippen molar-refractivity contribution in [3.63, 3.8) is 0 Å². The number of sulfonamides is 1. The van der Waals surface area contributed by atoms with Crippen molar-refractivity contribution in [2.45, 2.75) is 102 Å². The van der Waals surface area contributed by atoms with E-state index in [0.717, 1.165) is 0 Å². The van der Waals surface area contributed by atoms with E-state index in [1.54, 1.807) is 39.5 Å². The summed E-state index contributed by atoms with van der Waals surface area (Å²) in [6.07, 6.45) is 1.08. The Balaban J connectivity index is 1.55. The number of aliphatic hydroxyl groups excluding tert-OH is 1. The van der Waals surface area contributed by atoms with E-state index in [1.165, 1.54) is 16.8 Å². The van der Waals surface area contributed by atoms with E-state index in [1.807, 2.05) is 39.9 Å². The van der Waals surface area contributed by atoms with E-state index in [2.05, 4.69) is 21.7 Å². The molecule has 0 radical (unpaired) electrons. The standard InChI is InChI=1S/C35H62N6O9S/c1-23-17-35(6,47-11)31(50-32-29(42)27(37(7)8)16-24(2)49-32)25(3)30(43)34(4,5)33(44)48-21-26(39(10)18-23)19-40-12-14-41(15-13-40)51(45,46)28-20-38(9)22-36-28/h20,22-27,29,31-32,42H,12-19,21H2,1-11H3/t23-,24-,25+,26+,27+,29-,31-,32+,35-/m1/s1. The molecule has 3 saturated heterocycles. The fourth-order valence-corrected chi connectivity index (χ4v) is 9.27. The molecule has 4 rings (SSSR count). The van der Waals surface area contributed by atoms with Gasteiger partial charge >= 0.3 is 5.97 Å². The molecule has 0 bridgehead atoms. The highest BCUT2D eigenvalue weighted by atomic mass is 32.2. The Kier molecular flexibility index (Phi) is 13.5. The van der Waals surface area contributed by atoms with Crippen molar-refractivity contribution in [3.05, 3.63) is 12.5 Å². The van der Waals surface area contributed by atoms with Gasteiger partial charge in [-0.1, -0.05) is 13.8 Å². The fraction of sp³-hybridized carbons (Fsp3) is 0.857. The van der Waals surface area contributed by atoms with Gasteiger partial charge in [0.25, 0.3) is 10.0 Å². The van der Waals surface area contributed by atoms with Gasteiger partial charge in [0, 0.05) is 71.6 Å². The lowest BCUT2D eigenvalue weighted by molar-refractivity contribution is -0.295. The second-order valence-electron chi connectivity index (χ2n) is 16.0. The molecule has 9 atom stereocenters. The molecule has 4 heterocycles. The van der Waals surface area contributed by atoms with Crippen LogP contribution in [0.1, 0.15) is 54.4 Å². The summed E-state index contributed by atoms with van der Waals surface area (Å²) in [5.74, 6) is -1.76. The molecule has 1 N–H and O–H groups in total. The number of imidazole rings is 1. The van der Waals surface area contributed by atoms with Crippen molar-refractivity contribution in [2.24, 2.45) is 24.3 Å². The van der Waals surface area contributed by atoms with Gasteiger partial charge in [-0.3, -0.25) is 19.4 Å². The van der Waals surface area contributed by atoms with Gasteiger partial charge in [-0.15, -0.1) is 0 Å². The van der Waals surface area contributed by atoms with Crippen molar-refractivity contribution in [2.75, 3.05) is 74.1 Å². The molecule has 15 nitrogen and oxygen atoms in total. The van der Waals surface area contributed by atoms with Crippen LogP contribution in [0.25, 0.3) is 0 Å². The number of carbonyl (C=O) groups is 2. The smallest absolute Gasteiger partial charge is 0.319 e. The third-order valence-electron chi connectivity index (χ3n) is 11.1. The van der Waals surface area contributed by atoms with Crippen LogP contribution in [0.2, 0.25) is 0 Å². The summed E-state index contributed by atoms with van der Waals surface area (Å²) < 4.78 is 54.3. The zero-order valence-electron chi connectivity index (χ0n) is 32.4. The van der Waals surface area contributed by atoms with Crippen LogP contribution < -0.4 is 0 Å². The van der Waals surface area contributed by atoms with Crippen LogP contribution in [-0.2, 0) is 45.6 Å². The predicted molar refractivity (Wildman–Crippen MR) is 190 cm³/mol. The summed E-state index contributed by atoms with van der Waals surface area (Å²) in [4.78, 5) is 38.4. The fourth-order valence-electron chi connectivity index (χ4n) is 7.89. The Morgan fingerprint density at radius 1 is 1.08 bits per heavy atom. The average Bonchev–Trinajstić information content (AvgIpc) is 3.52. The summed E-state index contributed by atoms with van der Waals surface area (Å²) in [5.41, 5.74) is -2.50. The first-order valence-corrected chi connectivity index (χ1v) is 19.5.